The molecule has 20 aromatic rings. The Balaban J connectivity index is 0.000000193. The van der Waals surface area contributed by atoms with Crippen molar-refractivity contribution in [3.05, 3.63) is 420 Å². The summed E-state index contributed by atoms with van der Waals surface area (Å²) in [7, 11) is 0. The quantitative estimate of drug-likeness (QED) is 0.0253. The Morgan fingerprint density at radius 3 is 1.14 bits per heavy atom. The van der Waals surface area contributed by atoms with E-state index in [0.717, 1.165) is 139 Å². The van der Waals surface area contributed by atoms with Gasteiger partial charge in [0.2, 0.25) is 11.8 Å². The summed E-state index contributed by atoms with van der Waals surface area (Å²) >= 11 is 18.8. The van der Waals surface area contributed by atoms with Crippen LogP contribution in [0.1, 0.15) is 83.8 Å². The van der Waals surface area contributed by atoms with Crippen LogP contribution < -0.4 is 128 Å². The van der Waals surface area contributed by atoms with Gasteiger partial charge in [-0.25, -0.2) is 19.9 Å². The third-order valence-electron chi connectivity index (χ3n) is 22.4. The first-order valence-electron chi connectivity index (χ1n) is 42.0. The Labute approximate surface area is 862 Å². The van der Waals surface area contributed by atoms with Crippen LogP contribution in [0, 0.1) is 0 Å². The van der Waals surface area contributed by atoms with Gasteiger partial charge < -0.3 is 40.4 Å². The average molecular weight is 1870 g/mol. The van der Waals surface area contributed by atoms with E-state index in [-0.39, 0.29) is 129 Å². The summed E-state index contributed by atoms with van der Waals surface area (Å²) in [6, 6.07) is 126. The molecule has 20 heteroatoms. The van der Waals surface area contributed by atoms with E-state index in [0.29, 0.717) is 41.5 Å². The third kappa shape index (κ3) is 21.5. The molecule has 0 aliphatic carbocycles. The molecule has 0 bridgehead atoms. The minimum absolute atomic E-state index is 0. The van der Waals surface area contributed by atoms with Gasteiger partial charge in [-0.15, -0.1) is 0 Å². The number of hydrogen-bond acceptors (Lipinski definition) is 13. The predicted octanol–water partition coefficient (Wildman–Crippen LogP) is 23.4. The number of anilines is 8. The number of oxazole rings is 2. The molecule has 0 atom stereocenters. The predicted molar refractivity (Wildman–Crippen MR) is 531 cm³/mol. The molecule has 0 unspecified atom stereocenters. The topological polar surface area (TPSA) is 159 Å². The number of hydrogen-bond donors (Lipinski definition) is 1. The summed E-state index contributed by atoms with van der Waals surface area (Å²) in [5.74, 6) is 2.95. The number of alkyl halides is 1. The molecule has 638 valence electrons. The van der Waals surface area contributed by atoms with Crippen molar-refractivity contribution in [3.8, 4) is 34.5 Å². The van der Waals surface area contributed by atoms with E-state index >= 15 is 0 Å². The molecule has 0 aliphatic rings. The maximum absolute atomic E-state index is 8.64. The van der Waals surface area contributed by atoms with Crippen molar-refractivity contribution in [1.29, 1.82) is 0 Å². The maximum atomic E-state index is 8.64. The van der Waals surface area contributed by atoms with Gasteiger partial charge in [-0.05, 0) is 214 Å². The summed E-state index contributed by atoms with van der Waals surface area (Å²) < 4.78 is 16.7. The number of nitrogens with zero attached hydrogens (tertiary/aromatic N) is 9. The van der Waals surface area contributed by atoms with Gasteiger partial charge in [0.05, 0.1) is 54.9 Å². The number of carbonyl (C=O) groups excluding carboxylic acids is 1. The zero-order valence-electron chi connectivity index (χ0n) is 73.9. The molecule has 14 aromatic carbocycles. The van der Waals surface area contributed by atoms with Gasteiger partial charge in [0.15, 0.2) is 11.2 Å². The molecule has 0 amide bonds. The van der Waals surface area contributed by atoms with E-state index in [9.17, 15) is 0 Å². The molecule has 6 aromatic heterocycles. The number of pyridine rings is 2. The molecule has 130 heavy (non-hydrogen) atoms. The van der Waals surface area contributed by atoms with Crippen molar-refractivity contribution in [2.45, 2.75) is 84.8 Å². The van der Waals surface area contributed by atoms with Gasteiger partial charge in [-0.1, -0.05) is 282 Å². The van der Waals surface area contributed by atoms with Crippen LogP contribution in [0.25, 0.3) is 100 Å². The van der Waals surface area contributed by atoms with E-state index in [1.165, 1.54) is 33.4 Å². The van der Waals surface area contributed by atoms with Crippen LogP contribution in [0.5, 0.6) is 0 Å². The molecule has 0 spiro atoms. The summed E-state index contributed by atoms with van der Waals surface area (Å²) in [5.41, 5.74) is 23.9. The number of aromatic nitrogens is 6. The van der Waals surface area contributed by atoms with E-state index in [1.54, 1.807) is 0 Å². The van der Waals surface area contributed by atoms with Gasteiger partial charge in [0, 0.05) is 92.8 Å². The molecule has 20 rings (SSSR count). The number of para-hydroxylation sites is 6. The number of rotatable bonds is 20. The van der Waals surface area contributed by atoms with Crippen LogP contribution in [0.4, 0.5) is 45.5 Å². The smallest absolute Gasteiger partial charge is 1.00 e. The zero-order chi connectivity index (χ0) is 87.5. The molecule has 6 heterocycles. The standard InChI is InChI=1S/C54H44ClN5O.C47H38ClN5O.C7H7Br.CH2O3.CH4.2K.H/c1-54(2,3)40-32-48(58(35-37-16-6-4-7-17-37)41-27-25-39(26-28-41)53-57-45-21-11-13-23-50(45)61-53)52(55)49(33-40)59(36-38-18-8-5-9-19-38)42-29-30-47-44(34-42)43-20-10-12-22-46(43)60(47)51-24-14-15-31-56-51;1-47(2,3)33-27-39(50-34-22-20-32(21-23-34)46-51-38-16-8-10-18-43(38)54-46)45(48)42(28-33)52(30-31-13-5-4-6-14-31)35-24-25-41-37(29-35)36-15-7-9-17-40(36)53(41)44-19-11-12-26-49-44;8-6-7-4-2-1-3-5-7;2-1-4-3;;;;/h4-34H,35-36H2,1-3H3;4-29,50H,30H2,1-3H3;1-5H,6H2;1,3H;1H4;;;/q;;;;;2*+1;-1/p-1. The zero-order valence-corrected chi connectivity index (χ0v) is 82.2. The molecule has 0 saturated heterocycles. The number of halogens is 3. The second-order valence-electron chi connectivity index (χ2n) is 32.9. The van der Waals surface area contributed by atoms with Crippen molar-refractivity contribution in [3.63, 3.8) is 0 Å². The van der Waals surface area contributed by atoms with Crippen LogP contribution in [0.3, 0.4) is 0 Å². The van der Waals surface area contributed by atoms with Crippen molar-refractivity contribution in [1.82, 2.24) is 29.1 Å². The molecular formula is C110H95BrCl2K2N10O5. The van der Waals surface area contributed by atoms with E-state index in [2.05, 4.69) is 345 Å². The Morgan fingerprint density at radius 1 is 0.408 bits per heavy atom. The average Bonchev–Trinajstić information content (AvgIpc) is 1.68. The molecule has 0 saturated carbocycles. The fourth-order valence-corrected chi connectivity index (χ4v) is 16.9. The SMILES string of the molecule is BrCc1ccccc1.C.CC(C)(C)c1cc(N(Cc2ccccc2)c2ccc(-c3nc4ccccc4o3)cc2)c(Cl)c(N(Cc2ccccc2)c2ccc3c(c2)c2ccccc2n3-c2ccccn2)c1.CC(C)(C)c1cc(Nc2ccc(-c3nc4ccccc4o3)cc2)c(Cl)c(N(Cc2ccccc2)c2ccc3c(c2)c2ccccc2n3-c2ccccn2)c1.O=CO[O-].[H-].[K+].[K+]. The molecular weight excluding hydrogens is 1770 g/mol. The maximum Gasteiger partial charge on any atom is 1.00 e. The largest absolute Gasteiger partial charge is 1.00 e. The number of carbonyl (C=O) groups is 1. The third-order valence-corrected chi connectivity index (χ3v) is 23.8. The van der Waals surface area contributed by atoms with Gasteiger partial charge in [-0.3, -0.25) is 13.9 Å². The normalized spacial score (nSPS) is 11.1. The molecule has 0 fully saturated rings. The number of benzene rings is 14. The first-order valence-corrected chi connectivity index (χ1v) is 43.8. The van der Waals surface area contributed by atoms with Gasteiger partial charge >= 0.3 is 103 Å². The monoisotopic (exact) mass is 1860 g/mol. The summed E-state index contributed by atoms with van der Waals surface area (Å²) in [6.45, 7) is 15.2. The van der Waals surface area contributed by atoms with Gasteiger partial charge in [0.1, 0.15) is 22.7 Å². The van der Waals surface area contributed by atoms with Crippen LogP contribution in [-0.2, 0) is 45.5 Å². The van der Waals surface area contributed by atoms with Crippen molar-refractivity contribution >= 4 is 157 Å². The summed E-state index contributed by atoms with van der Waals surface area (Å²) in [5, 5.41) is 19.0. The van der Waals surface area contributed by atoms with Crippen molar-refractivity contribution < 1.29 is 128 Å². The minimum Gasteiger partial charge on any atom is -1.00 e. The van der Waals surface area contributed by atoms with E-state index < -0.39 is 0 Å². The van der Waals surface area contributed by atoms with E-state index in [1.807, 2.05) is 128 Å². The van der Waals surface area contributed by atoms with Crippen LogP contribution in [-0.4, -0.2) is 35.5 Å². The molecule has 0 radical (unpaired) electrons. The van der Waals surface area contributed by atoms with Crippen molar-refractivity contribution in [2.75, 3.05) is 20.0 Å². The Kier molecular flexibility index (Phi) is 31.6. The Morgan fingerprint density at radius 2 is 0.754 bits per heavy atom. The van der Waals surface area contributed by atoms with E-state index in [4.69, 9.17) is 57.0 Å². The van der Waals surface area contributed by atoms with Crippen LogP contribution >= 0.6 is 39.1 Å². The minimum atomic E-state index is -0.193. The molecule has 1 N–H and O–H groups in total. The number of fused-ring (bicyclic) bond motifs is 8. The van der Waals surface area contributed by atoms with Gasteiger partial charge in [-0.2, -0.15) is 0 Å². The fourth-order valence-electron chi connectivity index (χ4n) is 15.9. The Bertz CT molecular complexity index is 7150. The van der Waals surface area contributed by atoms with Gasteiger partial charge in [0.25, 0.3) is 6.47 Å². The molecule has 15 nitrogen and oxygen atoms in total. The van der Waals surface area contributed by atoms with Crippen molar-refractivity contribution in [2.24, 2.45) is 0 Å². The summed E-state index contributed by atoms with van der Waals surface area (Å²) in [6.07, 6.45) is 3.69. The fraction of sp³-hybridized carbons (Fsp3) is 0.118. The number of nitrogens with one attached hydrogen (secondary N) is 1. The first-order chi connectivity index (χ1) is 61.9. The van der Waals surface area contributed by atoms with Crippen LogP contribution in [0.15, 0.2) is 385 Å². The Hall–Kier alpha value is -11.1. The molecule has 0 aliphatic heterocycles. The second-order valence-corrected chi connectivity index (χ2v) is 34.2. The second kappa shape index (κ2) is 43.3. The summed E-state index contributed by atoms with van der Waals surface area (Å²) in [4.78, 5) is 37.2. The van der Waals surface area contributed by atoms with Crippen LogP contribution in [0.2, 0.25) is 10.0 Å². The first kappa shape index (κ1) is 95.0.